The maximum atomic E-state index is 13.6. The fraction of sp³-hybridized carbons (Fsp3) is 0.600. The lowest BCUT2D eigenvalue weighted by Crippen LogP contribution is -2.47. The van der Waals surface area contributed by atoms with E-state index in [2.05, 4.69) is 9.62 Å². The Hall–Kier alpha value is -1.22. The number of halogens is 1. The molecule has 0 amide bonds. The number of morpholine rings is 1. The first-order valence-electron chi connectivity index (χ1n) is 7.53. The zero-order valence-corrected chi connectivity index (χ0v) is 14.4. The van der Waals surface area contributed by atoms with Crippen LogP contribution in [0.4, 0.5) is 4.39 Å². The minimum atomic E-state index is -3.74. The van der Waals surface area contributed by atoms with Gasteiger partial charge in [-0.3, -0.25) is 4.90 Å². The third kappa shape index (κ3) is 4.87. The van der Waals surface area contributed by atoms with Gasteiger partial charge in [0.15, 0.2) is 11.6 Å². The van der Waals surface area contributed by atoms with Crippen molar-refractivity contribution in [1.82, 2.24) is 9.62 Å². The van der Waals surface area contributed by atoms with Crippen molar-refractivity contribution in [1.29, 1.82) is 0 Å². The van der Waals surface area contributed by atoms with Crippen molar-refractivity contribution in [3.63, 3.8) is 0 Å². The van der Waals surface area contributed by atoms with Gasteiger partial charge in [0.2, 0.25) is 10.0 Å². The van der Waals surface area contributed by atoms with Gasteiger partial charge in [-0.2, -0.15) is 0 Å². The highest BCUT2D eigenvalue weighted by Gasteiger charge is 2.22. The Morgan fingerprint density at radius 2 is 2.00 bits per heavy atom. The molecule has 1 aromatic rings. The van der Waals surface area contributed by atoms with E-state index in [9.17, 15) is 12.8 Å². The molecule has 0 spiro atoms. The van der Waals surface area contributed by atoms with E-state index in [1.807, 2.05) is 13.8 Å². The molecule has 1 N–H and O–H groups in total. The van der Waals surface area contributed by atoms with Crippen LogP contribution in [0.15, 0.2) is 23.1 Å². The summed E-state index contributed by atoms with van der Waals surface area (Å²) in [6.45, 7) is 6.36. The van der Waals surface area contributed by atoms with Crippen molar-refractivity contribution in [2.24, 2.45) is 0 Å². The standard InChI is InChI=1S/C15H23FN2O4S/c1-11-9-18(10-12(2)22-11)7-6-17-23(19,20)13-4-5-15(21-3)14(16)8-13/h4-5,8,11-12,17H,6-7,9-10H2,1-3H3/t11-,12+. The van der Waals surface area contributed by atoms with Gasteiger partial charge < -0.3 is 9.47 Å². The van der Waals surface area contributed by atoms with Crippen LogP contribution >= 0.6 is 0 Å². The molecule has 1 saturated heterocycles. The Morgan fingerprint density at radius 3 is 2.57 bits per heavy atom. The molecule has 1 heterocycles. The van der Waals surface area contributed by atoms with E-state index >= 15 is 0 Å². The first-order chi connectivity index (χ1) is 10.8. The Labute approximate surface area is 136 Å². The van der Waals surface area contributed by atoms with Gasteiger partial charge in [0.05, 0.1) is 24.2 Å². The minimum absolute atomic E-state index is 0.0141. The molecule has 2 rings (SSSR count). The second-order valence-corrected chi connectivity index (χ2v) is 7.48. The Balaban J connectivity index is 1.92. The first kappa shape index (κ1) is 18.1. The number of hydrogen-bond acceptors (Lipinski definition) is 5. The van der Waals surface area contributed by atoms with Crippen molar-refractivity contribution >= 4 is 10.0 Å². The molecule has 1 aliphatic rings. The quantitative estimate of drug-likeness (QED) is 0.839. The summed E-state index contributed by atoms with van der Waals surface area (Å²) in [4.78, 5) is 2.04. The maximum absolute atomic E-state index is 13.6. The molecule has 6 nitrogen and oxygen atoms in total. The summed E-state index contributed by atoms with van der Waals surface area (Å²) in [5.74, 6) is -0.688. The van der Waals surface area contributed by atoms with Crippen molar-refractivity contribution in [2.45, 2.75) is 31.0 Å². The molecule has 0 aromatic heterocycles. The van der Waals surface area contributed by atoms with E-state index in [4.69, 9.17) is 9.47 Å². The zero-order chi connectivity index (χ0) is 17.0. The number of benzene rings is 1. The van der Waals surface area contributed by atoms with Gasteiger partial charge in [0, 0.05) is 26.2 Å². The van der Waals surface area contributed by atoms with Gasteiger partial charge in [0.25, 0.3) is 0 Å². The minimum Gasteiger partial charge on any atom is -0.494 e. The molecule has 1 aromatic carbocycles. The van der Waals surface area contributed by atoms with Gasteiger partial charge in [0.1, 0.15) is 0 Å². The molecule has 130 valence electrons. The number of ether oxygens (including phenoxy) is 2. The van der Waals surface area contributed by atoms with E-state index in [1.165, 1.54) is 19.2 Å². The second-order valence-electron chi connectivity index (χ2n) is 5.71. The molecule has 2 atom stereocenters. The fourth-order valence-electron chi connectivity index (χ4n) is 2.70. The van der Waals surface area contributed by atoms with Gasteiger partial charge >= 0.3 is 0 Å². The maximum Gasteiger partial charge on any atom is 0.240 e. The summed E-state index contributed by atoms with van der Waals surface area (Å²) < 4.78 is 50.9. The highest BCUT2D eigenvalue weighted by Crippen LogP contribution is 2.20. The third-order valence-electron chi connectivity index (χ3n) is 3.65. The summed E-state index contributed by atoms with van der Waals surface area (Å²) in [7, 11) is -2.41. The number of methoxy groups -OCH3 is 1. The van der Waals surface area contributed by atoms with Crippen LogP contribution in [0, 0.1) is 5.82 Å². The van der Waals surface area contributed by atoms with Crippen molar-refractivity contribution in [2.75, 3.05) is 33.3 Å². The van der Waals surface area contributed by atoms with Gasteiger partial charge in [-0.25, -0.2) is 17.5 Å². The summed E-state index contributed by atoms with van der Waals surface area (Å²) in [5.41, 5.74) is 0. The molecular weight excluding hydrogens is 323 g/mol. The van der Waals surface area contributed by atoms with Crippen LogP contribution in [0.5, 0.6) is 5.75 Å². The Morgan fingerprint density at radius 1 is 1.35 bits per heavy atom. The lowest BCUT2D eigenvalue weighted by Gasteiger charge is -2.35. The van der Waals surface area contributed by atoms with E-state index in [-0.39, 0.29) is 29.4 Å². The molecular formula is C15H23FN2O4S. The summed E-state index contributed by atoms with van der Waals surface area (Å²) >= 11 is 0. The molecule has 1 aliphatic heterocycles. The third-order valence-corrected chi connectivity index (χ3v) is 5.11. The van der Waals surface area contributed by atoms with Crippen LogP contribution in [0.1, 0.15) is 13.8 Å². The number of nitrogens with zero attached hydrogens (tertiary/aromatic N) is 1. The fourth-order valence-corrected chi connectivity index (χ4v) is 3.74. The van der Waals surface area contributed by atoms with Crippen LogP contribution in [0.2, 0.25) is 0 Å². The molecule has 8 heteroatoms. The Kier molecular flexibility index (Phi) is 5.96. The van der Waals surface area contributed by atoms with Crippen molar-refractivity contribution < 1.29 is 22.3 Å². The van der Waals surface area contributed by atoms with E-state index in [0.29, 0.717) is 6.54 Å². The van der Waals surface area contributed by atoms with Crippen LogP contribution < -0.4 is 9.46 Å². The SMILES string of the molecule is COc1ccc(S(=O)(=O)NCCN2C[C@@H](C)O[C@@H](C)C2)cc1F. The van der Waals surface area contributed by atoms with E-state index in [0.717, 1.165) is 19.2 Å². The summed E-state index contributed by atoms with van der Waals surface area (Å²) in [6, 6.07) is 3.58. The molecule has 0 bridgehead atoms. The molecule has 0 radical (unpaired) electrons. The van der Waals surface area contributed by atoms with Gasteiger partial charge in [-0.1, -0.05) is 0 Å². The monoisotopic (exact) mass is 346 g/mol. The van der Waals surface area contributed by atoms with Gasteiger partial charge in [-0.05, 0) is 32.0 Å². The summed E-state index contributed by atoms with van der Waals surface area (Å²) in [5, 5.41) is 0. The normalized spacial score (nSPS) is 23.0. The highest BCUT2D eigenvalue weighted by molar-refractivity contribution is 7.89. The van der Waals surface area contributed by atoms with E-state index in [1.54, 1.807) is 0 Å². The summed E-state index contributed by atoms with van der Waals surface area (Å²) in [6.07, 6.45) is 0.261. The predicted octanol–water partition coefficient (Wildman–Crippen LogP) is 1.22. The van der Waals surface area contributed by atoms with Gasteiger partial charge in [-0.15, -0.1) is 0 Å². The van der Waals surface area contributed by atoms with Crippen molar-refractivity contribution in [3.8, 4) is 5.75 Å². The molecule has 1 fully saturated rings. The number of nitrogens with one attached hydrogen (secondary N) is 1. The predicted molar refractivity (Wildman–Crippen MR) is 84.6 cm³/mol. The van der Waals surface area contributed by atoms with Crippen LogP contribution in [0.25, 0.3) is 0 Å². The number of rotatable bonds is 6. The van der Waals surface area contributed by atoms with Crippen molar-refractivity contribution in [3.05, 3.63) is 24.0 Å². The largest absolute Gasteiger partial charge is 0.494 e. The number of sulfonamides is 1. The smallest absolute Gasteiger partial charge is 0.240 e. The van der Waals surface area contributed by atoms with E-state index < -0.39 is 15.8 Å². The second kappa shape index (κ2) is 7.57. The average Bonchev–Trinajstić information content (AvgIpc) is 2.46. The van der Waals surface area contributed by atoms with Crippen LogP contribution in [-0.2, 0) is 14.8 Å². The van der Waals surface area contributed by atoms with Crippen LogP contribution in [0.3, 0.4) is 0 Å². The molecule has 0 saturated carbocycles. The number of hydrogen-bond donors (Lipinski definition) is 1. The van der Waals surface area contributed by atoms with Crippen LogP contribution in [-0.4, -0.2) is 58.8 Å². The Bertz CT molecular complexity index is 628. The topological polar surface area (TPSA) is 67.9 Å². The average molecular weight is 346 g/mol. The highest BCUT2D eigenvalue weighted by atomic mass is 32.2. The molecule has 23 heavy (non-hydrogen) atoms. The zero-order valence-electron chi connectivity index (χ0n) is 13.6. The lowest BCUT2D eigenvalue weighted by molar-refractivity contribution is -0.0671. The molecule has 0 unspecified atom stereocenters. The lowest BCUT2D eigenvalue weighted by atomic mass is 10.2. The molecule has 0 aliphatic carbocycles. The first-order valence-corrected chi connectivity index (χ1v) is 9.01.